The van der Waals surface area contributed by atoms with Crippen LogP contribution in [0.3, 0.4) is 0 Å². The van der Waals surface area contributed by atoms with Crippen LogP contribution >= 0.6 is 24.0 Å². The van der Waals surface area contributed by atoms with Gasteiger partial charge in [0.2, 0.25) is 0 Å². The first-order valence-electron chi connectivity index (χ1n) is 7.04. The molecule has 0 spiro atoms. The predicted octanol–water partition coefficient (Wildman–Crippen LogP) is 3.00. The van der Waals surface area contributed by atoms with Crippen molar-refractivity contribution in [1.82, 2.24) is 10.2 Å². The van der Waals surface area contributed by atoms with Crippen LogP contribution in [0.5, 0.6) is 0 Å². The van der Waals surface area contributed by atoms with Gasteiger partial charge in [0.1, 0.15) is 5.02 Å². The number of hydrogen-bond donors (Lipinski definition) is 1. The second kappa shape index (κ2) is 6.92. The Labute approximate surface area is 135 Å². The van der Waals surface area contributed by atoms with Gasteiger partial charge in [-0.05, 0) is 37.4 Å². The molecule has 116 valence electrons. The Morgan fingerprint density at radius 3 is 2.81 bits per heavy atom. The third kappa shape index (κ3) is 3.48. The molecule has 0 aliphatic carbocycles. The number of nitrogens with zero attached hydrogens (tertiary/aromatic N) is 2. The summed E-state index contributed by atoms with van der Waals surface area (Å²) in [6.45, 7) is 2.95. The minimum atomic E-state index is -0.439. The highest BCUT2D eigenvalue weighted by Gasteiger charge is 2.34. The molecule has 2 aliphatic rings. The van der Waals surface area contributed by atoms with E-state index in [0.29, 0.717) is 12.1 Å². The van der Waals surface area contributed by atoms with Crippen LogP contribution in [0.4, 0.5) is 5.69 Å². The van der Waals surface area contributed by atoms with Crippen LogP contribution in [0.15, 0.2) is 18.2 Å². The number of nitro benzene ring substituents is 1. The topological polar surface area (TPSA) is 58.4 Å². The zero-order valence-electron chi connectivity index (χ0n) is 11.6. The summed E-state index contributed by atoms with van der Waals surface area (Å²) in [5.41, 5.74) is 1.04. The Kier molecular flexibility index (Phi) is 5.43. The summed E-state index contributed by atoms with van der Waals surface area (Å²) in [6, 6.07) is 6.27. The van der Waals surface area contributed by atoms with E-state index < -0.39 is 4.92 Å². The minimum Gasteiger partial charge on any atom is -0.315 e. The smallest absolute Gasteiger partial charge is 0.287 e. The molecule has 7 heteroatoms. The van der Waals surface area contributed by atoms with Gasteiger partial charge in [-0.3, -0.25) is 15.0 Å². The van der Waals surface area contributed by atoms with Crippen LogP contribution in [-0.2, 0) is 6.54 Å². The molecule has 2 unspecified atom stereocenters. The van der Waals surface area contributed by atoms with Crippen molar-refractivity contribution in [2.45, 2.75) is 37.9 Å². The zero-order chi connectivity index (χ0) is 14.1. The molecule has 2 aliphatic heterocycles. The standard InChI is InChI=1S/C14H18ClN3O2.ClH/c15-13-7-10(1-4-14(13)18(19)20)9-17-11-2-3-12(17)8-16-6-5-11;/h1,4,7,11-12,16H,2-3,5-6,8-9H2;1H. The van der Waals surface area contributed by atoms with E-state index in [0.717, 1.165) is 25.2 Å². The van der Waals surface area contributed by atoms with E-state index in [4.69, 9.17) is 11.6 Å². The fourth-order valence-corrected chi connectivity index (χ4v) is 3.62. The van der Waals surface area contributed by atoms with Crippen molar-refractivity contribution in [1.29, 1.82) is 0 Å². The van der Waals surface area contributed by atoms with Crippen molar-refractivity contribution < 1.29 is 4.92 Å². The number of rotatable bonds is 3. The van der Waals surface area contributed by atoms with Crippen molar-refractivity contribution in [3.8, 4) is 0 Å². The van der Waals surface area contributed by atoms with Gasteiger partial charge in [-0.2, -0.15) is 0 Å². The van der Waals surface area contributed by atoms with Crippen molar-refractivity contribution in [3.05, 3.63) is 38.9 Å². The molecule has 1 aromatic carbocycles. The first-order valence-corrected chi connectivity index (χ1v) is 7.42. The van der Waals surface area contributed by atoms with Gasteiger partial charge in [0.15, 0.2) is 0 Å². The van der Waals surface area contributed by atoms with Gasteiger partial charge >= 0.3 is 0 Å². The van der Waals surface area contributed by atoms with Gasteiger partial charge < -0.3 is 5.32 Å². The molecule has 2 bridgehead atoms. The molecule has 1 aromatic rings. The lowest BCUT2D eigenvalue weighted by Gasteiger charge is -2.27. The molecule has 2 fully saturated rings. The fourth-order valence-electron chi connectivity index (χ4n) is 3.35. The van der Waals surface area contributed by atoms with E-state index in [1.165, 1.54) is 25.3 Å². The lowest BCUT2D eigenvalue weighted by molar-refractivity contribution is -0.384. The van der Waals surface area contributed by atoms with E-state index in [9.17, 15) is 10.1 Å². The number of fused-ring (bicyclic) bond motifs is 2. The maximum absolute atomic E-state index is 10.8. The first-order chi connectivity index (χ1) is 9.65. The molecule has 0 amide bonds. The Morgan fingerprint density at radius 1 is 1.33 bits per heavy atom. The van der Waals surface area contributed by atoms with E-state index >= 15 is 0 Å². The highest BCUT2D eigenvalue weighted by molar-refractivity contribution is 6.32. The third-order valence-electron chi connectivity index (χ3n) is 4.38. The van der Waals surface area contributed by atoms with Crippen LogP contribution < -0.4 is 5.32 Å². The van der Waals surface area contributed by atoms with Gasteiger partial charge in [0, 0.05) is 31.2 Å². The monoisotopic (exact) mass is 331 g/mol. The third-order valence-corrected chi connectivity index (χ3v) is 4.68. The Morgan fingerprint density at radius 2 is 2.10 bits per heavy atom. The van der Waals surface area contributed by atoms with Gasteiger partial charge in [-0.15, -0.1) is 12.4 Å². The molecule has 2 atom stereocenters. The quantitative estimate of drug-likeness (QED) is 0.683. The summed E-state index contributed by atoms with van der Waals surface area (Å²) in [4.78, 5) is 12.9. The molecule has 1 N–H and O–H groups in total. The van der Waals surface area contributed by atoms with Crippen LogP contribution in [0.25, 0.3) is 0 Å². The molecule has 0 saturated carbocycles. The van der Waals surface area contributed by atoms with Gasteiger partial charge in [-0.25, -0.2) is 0 Å². The molecule has 0 radical (unpaired) electrons. The highest BCUT2D eigenvalue weighted by Crippen LogP contribution is 2.31. The number of nitro groups is 1. The van der Waals surface area contributed by atoms with E-state index in [1.54, 1.807) is 6.07 Å². The van der Waals surface area contributed by atoms with Gasteiger partial charge in [0.25, 0.3) is 5.69 Å². The molecule has 5 nitrogen and oxygen atoms in total. The lowest BCUT2D eigenvalue weighted by atomic mass is 10.1. The molecule has 2 saturated heterocycles. The van der Waals surface area contributed by atoms with Crippen LogP contribution in [-0.4, -0.2) is 35.0 Å². The minimum absolute atomic E-state index is 0. The molecular formula is C14H19Cl2N3O2. The summed E-state index contributed by atoms with van der Waals surface area (Å²) in [5.74, 6) is 0. The average Bonchev–Trinajstić information content (AvgIpc) is 2.62. The summed E-state index contributed by atoms with van der Waals surface area (Å²) in [5, 5.41) is 14.5. The van der Waals surface area contributed by atoms with Crippen LogP contribution in [0.2, 0.25) is 5.02 Å². The fraction of sp³-hybridized carbons (Fsp3) is 0.571. The van der Waals surface area contributed by atoms with Crippen LogP contribution in [0.1, 0.15) is 24.8 Å². The number of benzene rings is 1. The average molecular weight is 332 g/mol. The largest absolute Gasteiger partial charge is 0.315 e. The van der Waals surface area contributed by atoms with Crippen molar-refractivity contribution in [2.24, 2.45) is 0 Å². The maximum Gasteiger partial charge on any atom is 0.287 e. The number of halogens is 2. The van der Waals surface area contributed by atoms with E-state index in [1.807, 2.05) is 6.07 Å². The lowest BCUT2D eigenvalue weighted by Crippen LogP contribution is -2.37. The number of hydrogen-bond acceptors (Lipinski definition) is 4. The normalized spacial score (nSPS) is 25.2. The van der Waals surface area contributed by atoms with Crippen molar-refractivity contribution >= 4 is 29.7 Å². The van der Waals surface area contributed by atoms with E-state index in [2.05, 4.69) is 10.2 Å². The molecular weight excluding hydrogens is 313 g/mol. The highest BCUT2D eigenvalue weighted by atomic mass is 35.5. The number of nitrogens with one attached hydrogen (secondary N) is 1. The summed E-state index contributed by atoms with van der Waals surface area (Å²) < 4.78 is 0. The summed E-state index contributed by atoms with van der Waals surface area (Å²) in [6.07, 6.45) is 3.67. The van der Waals surface area contributed by atoms with Crippen molar-refractivity contribution in [3.63, 3.8) is 0 Å². The molecule has 2 heterocycles. The SMILES string of the molecule is Cl.O=[N+]([O-])c1ccc(CN2C3CCNCC2CC3)cc1Cl. The van der Waals surface area contributed by atoms with Crippen LogP contribution in [0, 0.1) is 10.1 Å². The zero-order valence-corrected chi connectivity index (χ0v) is 13.2. The van der Waals surface area contributed by atoms with Gasteiger partial charge in [-0.1, -0.05) is 17.7 Å². The second-order valence-corrected chi connectivity index (χ2v) is 6.00. The van der Waals surface area contributed by atoms with Gasteiger partial charge in [0.05, 0.1) is 4.92 Å². The summed E-state index contributed by atoms with van der Waals surface area (Å²) in [7, 11) is 0. The predicted molar refractivity (Wildman–Crippen MR) is 85.2 cm³/mol. The first kappa shape index (κ1) is 16.5. The molecule has 3 rings (SSSR count). The Bertz CT molecular complexity index is 513. The summed E-state index contributed by atoms with van der Waals surface area (Å²) >= 11 is 5.99. The molecule has 0 aromatic heterocycles. The molecule has 21 heavy (non-hydrogen) atoms. The maximum atomic E-state index is 10.8. The Hall–Kier alpha value is -0.880. The second-order valence-electron chi connectivity index (χ2n) is 5.59. The van der Waals surface area contributed by atoms with Crippen molar-refractivity contribution in [2.75, 3.05) is 13.1 Å². The van der Waals surface area contributed by atoms with E-state index in [-0.39, 0.29) is 23.1 Å². The Balaban J connectivity index is 0.00000161.